The van der Waals surface area contributed by atoms with Crippen molar-refractivity contribution >= 4 is 11.9 Å². The maximum absolute atomic E-state index is 12.1. The van der Waals surface area contributed by atoms with E-state index in [-0.39, 0.29) is 24.9 Å². The summed E-state index contributed by atoms with van der Waals surface area (Å²) >= 11 is 0. The van der Waals surface area contributed by atoms with Crippen LogP contribution in [0, 0.1) is 5.92 Å². The molecule has 1 aliphatic carbocycles. The van der Waals surface area contributed by atoms with E-state index in [2.05, 4.69) is 17.3 Å². The molecule has 0 aliphatic heterocycles. The number of nitrogens with one attached hydrogen (secondary N) is 1. The summed E-state index contributed by atoms with van der Waals surface area (Å²) in [6.07, 6.45) is 6.20. The van der Waals surface area contributed by atoms with E-state index in [1.807, 2.05) is 0 Å². The Balaban J connectivity index is 1.90. The Morgan fingerprint density at radius 2 is 2.20 bits per heavy atom. The van der Waals surface area contributed by atoms with Gasteiger partial charge in [0.1, 0.15) is 5.69 Å². The average Bonchev–Trinajstić information content (AvgIpc) is 2.88. The molecule has 0 spiro atoms. The fourth-order valence-electron chi connectivity index (χ4n) is 2.59. The number of rotatable bonds is 5. The Hall–Kier alpha value is -1.85. The van der Waals surface area contributed by atoms with Gasteiger partial charge in [0, 0.05) is 12.2 Å². The number of carboxylic acid groups (broad SMARTS) is 1. The van der Waals surface area contributed by atoms with Gasteiger partial charge < -0.3 is 10.4 Å². The van der Waals surface area contributed by atoms with Crippen LogP contribution in [0.2, 0.25) is 0 Å². The van der Waals surface area contributed by atoms with E-state index in [1.54, 1.807) is 12.3 Å². The highest BCUT2D eigenvalue weighted by atomic mass is 16.4. The molecule has 1 heterocycles. The third kappa shape index (κ3) is 3.82. The number of hydrogen-bond acceptors (Lipinski definition) is 3. The van der Waals surface area contributed by atoms with Gasteiger partial charge in [-0.3, -0.25) is 14.3 Å². The van der Waals surface area contributed by atoms with Crippen LogP contribution in [0.3, 0.4) is 0 Å². The molecule has 6 nitrogen and oxygen atoms in total. The van der Waals surface area contributed by atoms with Crippen molar-refractivity contribution in [1.29, 1.82) is 0 Å². The summed E-state index contributed by atoms with van der Waals surface area (Å²) in [5.74, 6) is -0.540. The molecule has 6 heteroatoms. The highest BCUT2D eigenvalue weighted by Gasteiger charge is 2.23. The molecule has 1 amide bonds. The fraction of sp³-hybridized carbons (Fsp3) is 0.643. The lowest BCUT2D eigenvalue weighted by molar-refractivity contribution is -0.137. The molecule has 2 unspecified atom stereocenters. The van der Waals surface area contributed by atoms with Crippen LogP contribution in [0.1, 0.15) is 49.5 Å². The van der Waals surface area contributed by atoms with Crippen LogP contribution in [-0.2, 0) is 11.3 Å². The monoisotopic (exact) mass is 279 g/mol. The maximum Gasteiger partial charge on any atom is 0.305 e. The van der Waals surface area contributed by atoms with E-state index < -0.39 is 5.97 Å². The number of carboxylic acids is 1. The second-order valence-corrected chi connectivity index (χ2v) is 5.45. The van der Waals surface area contributed by atoms with Crippen molar-refractivity contribution < 1.29 is 14.7 Å². The van der Waals surface area contributed by atoms with Crippen molar-refractivity contribution in [2.24, 2.45) is 5.92 Å². The molecule has 20 heavy (non-hydrogen) atoms. The van der Waals surface area contributed by atoms with Gasteiger partial charge in [-0.1, -0.05) is 19.8 Å². The van der Waals surface area contributed by atoms with E-state index >= 15 is 0 Å². The van der Waals surface area contributed by atoms with Gasteiger partial charge in [-0.2, -0.15) is 5.10 Å². The maximum atomic E-state index is 12.1. The first kappa shape index (κ1) is 14.6. The SMILES string of the molecule is CC1CCCCC1NC(=O)c1ccn(CCC(=O)O)n1. The second-order valence-electron chi connectivity index (χ2n) is 5.45. The largest absolute Gasteiger partial charge is 0.481 e. The third-order valence-electron chi connectivity index (χ3n) is 3.86. The first-order valence-corrected chi connectivity index (χ1v) is 7.12. The second kappa shape index (κ2) is 6.54. The van der Waals surface area contributed by atoms with Crippen molar-refractivity contribution in [2.75, 3.05) is 0 Å². The fourth-order valence-corrected chi connectivity index (χ4v) is 2.59. The van der Waals surface area contributed by atoms with Crippen LogP contribution in [0.4, 0.5) is 0 Å². The number of aliphatic carboxylic acids is 1. The minimum absolute atomic E-state index is 0.00238. The van der Waals surface area contributed by atoms with E-state index in [1.165, 1.54) is 11.1 Å². The van der Waals surface area contributed by atoms with Crippen LogP contribution < -0.4 is 5.32 Å². The minimum atomic E-state index is -0.873. The van der Waals surface area contributed by atoms with Gasteiger partial charge in [-0.25, -0.2) is 0 Å². The number of carbonyl (C=O) groups is 2. The van der Waals surface area contributed by atoms with Crippen molar-refractivity contribution in [3.8, 4) is 0 Å². The smallest absolute Gasteiger partial charge is 0.305 e. The summed E-state index contributed by atoms with van der Waals surface area (Å²) in [5.41, 5.74) is 0.355. The summed E-state index contributed by atoms with van der Waals surface area (Å²) in [5, 5.41) is 15.8. The molecule has 1 saturated carbocycles. The highest BCUT2D eigenvalue weighted by molar-refractivity contribution is 5.92. The van der Waals surface area contributed by atoms with Gasteiger partial charge in [0.05, 0.1) is 13.0 Å². The first-order chi connectivity index (χ1) is 9.56. The van der Waals surface area contributed by atoms with Crippen LogP contribution in [0.5, 0.6) is 0 Å². The number of hydrogen-bond donors (Lipinski definition) is 2. The molecule has 0 saturated heterocycles. The normalized spacial score (nSPS) is 22.4. The summed E-state index contributed by atoms with van der Waals surface area (Å²) < 4.78 is 1.49. The van der Waals surface area contributed by atoms with Crippen molar-refractivity contribution in [3.05, 3.63) is 18.0 Å². The van der Waals surface area contributed by atoms with Gasteiger partial charge in [-0.15, -0.1) is 0 Å². The highest BCUT2D eigenvalue weighted by Crippen LogP contribution is 2.23. The van der Waals surface area contributed by atoms with Gasteiger partial charge >= 0.3 is 5.97 Å². The van der Waals surface area contributed by atoms with Crippen molar-refractivity contribution in [2.45, 2.75) is 51.6 Å². The summed E-state index contributed by atoms with van der Waals surface area (Å²) in [4.78, 5) is 22.6. The minimum Gasteiger partial charge on any atom is -0.481 e. The Morgan fingerprint density at radius 3 is 2.90 bits per heavy atom. The number of carbonyl (C=O) groups excluding carboxylic acids is 1. The van der Waals surface area contributed by atoms with E-state index in [9.17, 15) is 9.59 Å². The lowest BCUT2D eigenvalue weighted by Gasteiger charge is -2.29. The number of aromatic nitrogens is 2. The van der Waals surface area contributed by atoms with Gasteiger partial charge in [0.2, 0.25) is 0 Å². The lowest BCUT2D eigenvalue weighted by Crippen LogP contribution is -2.41. The molecule has 0 bridgehead atoms. The quantitative estimate of drug-likeness (QED) is 0.858. The molecule has 1 aromatic rings. The summed E-state index contributed by atoms with van der Waals surface area (Å²) in [6, 6.07) is 1.85. The van der Waals surface area contributed by atoms with Crippen LogP contribution in [0.15, 0.2) is 12.3 Å². The Morgan fingerprint density at radius 1 is 1.45 bits per heavy atom. The van der Waals surface area contributed by atoms with Crippen LogP contribution >= 0.6 is 0 Å². The van der Waals surface area contributed by atoms with Crippen molar-refractivity contribution in [3.63, 3.8) is 0 Å². The molecule has 1 fully saturated rings. The third-order valence-corrected chi connectivity index (χ3v) is 3.86. The molecule has 1 aliphatic rings. The standard InChI is InChI=1S/C14H21N3O3/c1-10-4-2-3-5-11(10)15-14(20)12-6-8-17(16-12)9-7-13(18)19/h6,8,10-11H,2-5,7,9H2,1H3,(H,15,20)(H,18,19). The van der Waals surface area contributed by atoms with Crippen molar-refractivity contribution in [1.82, 2.24) is 15.1 Å². The molecule has 2 N–H and O–H groups in total. The molecule has 2 rings (SSSR count). The molecule has 0 aromatic carbocycles. The topological polar surface area (TPSA) is 84.2 Å². The molecule has 0 radical (unpaired) electrons. The van der Waals surface area contributed by atoms with E-state index in [4.69, 9.17) is 5.11 Å². The molecule has 2 atom stereocenters. The van der Waals surface area contributed by atoms with Gasteiger partial charge in [0.15, 0.2) is 0 Å². The predicted octanol–water partition coefficient (Wildman–Crippen LogP) is 1.67. The zero-order valence-corrected chi connectivity index (χ0v) is 11.7. The molecule has 110 valence electrons. The van der Waals surface area contributed by atoms with Crippen LogP contribution in [0.25, 0.3) is 0 Å². The summed E-state index contributed by atoms with van der Waals surface area (Å²) in [7, 11) is 0. The first-order valence-electron chi connectivity index (χ1n) is 7.12. The van der Waals surface area contributed by atoms with Gasteiger partial charge in [0.25, 0.3) is 5.91 Å². The Bertz CT molecular complexity index is 484. The number of nitrogens with zero attached hydrogens (tertiary/aromatic N) is 2. The molecular weight excluding hydrogens is 258 g/mol. The number of aryl methyl sites for hydroxylation is 1. The molecule has 1 aromatic heterocycles. The Labute approximate surface area is 118 Å². The average molecular weight is 279 g/mol. The summed E-state index contributed by atoms with van der Waals surface area (Å²) in [6.45, 7) is 2.44. The predicted molar refractivity (Wildman–Crippen MR) is 73.4 cm³/mol. The number of amides is 1. The van der Waals surface area contributed by atoms with E-state index in [0.29, 0.717) is 11.6 Å². The molecular formula is C14H21N3O3. The lowest BCUT2D eigenvalue weighted by atomic mass is 9.86. The Kier molecular flexibility index (Phi) is 4.76. The van der Waals surface area contributed by atoms with Gasteiger partial charge in [-0.05, 0) is 24.8 Å². The van der Waals surface area contributed by atoms with Crippen LogP contribution in [-0.4, -0.2) is 32.8 Å². The zero-order chi connectivity index (χ0) is 14.5. The van der Waals surface area contributed by atoms with E-state index in [0.717, 1.165) is 19.3 Å². The zero-order valence-electron chi connectivity index (χ0n) is 11.7.